The van der Waals surface area contributed by atoms with Gasteiger partial charge < -0.3 is 20.7 Å². The molecule has 2 aromatic carbocycles. The molecule has 10 heteroatoms. The Morgan fingerprint density at radius 3 is 2.48 bits per heavy atom. The number of non-ortho nitro benzene ring substituents is 1. The van der Waals surface area contributed by atoms with Crippen molar-refractivity contribution >= 4 is 34.6 Å². The Hall–Kier alpha value is -3.92. The van der Waals surface area contributed by atoms with Gasteiger partial charge in [-0.05, 0) is 52.4 Å². The highest BCUT2D eigenvalue weighted by atomic mass is 32.1. The molecule has 3 amide bonds. The first-order valence-corrected chi connectivity index (χ1v) is 11.2. The van der Waals surface area contributed by atoms with Gasteiger partial charge in [-0.2, -0.15) is 11.3 Å². The van der Waals surface area contributed by atoms with Gasteiger partial charge in [0.25, 0.3) is 5.69 Å². The van der Waals surface area contributed by atoms with Crippen LogP contribution in [0.3, 0.4) is 0 Å². The van der Waals surface area contributed by atoms with Crippen LogP contribution in [-0.4, -0.2) is 30.0 Å². The van der Waals surface area contributed by atoms with E-state index in [2.05, 4.69) is 28.1 Å². The lowest BCUT2D eigenvalue weighted by Crippen LogP contribution is -2.45. The number of rotatable bonds is 7. The van der Waals surface area contributed by atoms with Gasteiger partial charge in [-0.1, -0.05) is 24.3 Å². The third kappa shape index (κ3) is 5.12. The van der Waals surface area contributed by atoms with E-state index in [-0.39, 0.29) is 29.1 Å². The van der Waals surface area contributed by atoms with Crippen molar-refractivity contribution in [2.45, 2.75) is 24.9 Å². The number of carbonyl (C=O) groups is 2. The standard InChI is InChI=1S/C23H22N4O5S/c1-32-20-7-6-18(27(30)31)12-19(20)25-23(29)26-21(16-8-9-33-13-16)22(28)24-17-10-14-4-2-3-5-15(14)11-17/h2-9,12-13,17,21H,10-11H2,1H3,(H,24,28)(H2,25,26,29). The smallest absolute Gasteiger partial charge is 0.320 e. The van der Waals surface area contributed by atoms with E-state index in [1.165, 1.54) is 47.8 Å². The van der Waals surface area contributed by atoms with Gasteiger partial charge in [0, 0.05) is 18.2 Å². The average molecular weight is 467 g/mol. The zero-order valence-electron chi connectivity index (χ0n) is 17.7. The molecular weight excluding hydrogens is 444 g/mol. The molecule has 170 valence electrons. The largest absolute Gasteiger partial charge is 0.495 e. The predicted octanol–water partition coefficient (Wildman–Crippen LogP) is 3.81. The van der Waals surface area contributed by atoms with Crippen molar-refractivity contribution in [2.75, 3.05) is 12.4 Å². The average Bonchev–Trinajstić information content (AvgIpc) is 3.46. The van der Waals surface area contributed by atoms with Crippen LogP contribution in [0.4, 0.5) is 16.2 Å². The van der Waals surface area contributed by atoms with E-state index >= 15 is 0 Å². The van der Waals surface area contributed by atoms with Crippen molar-refractivity contribution in [3.63, 3.8) is 0 Å². The van der Waals surface area contributed by atoms with E-state index in [0.29, 0.717) is 5.56 Å². The Morgan fingerprint density at radius 2 is 1.88 bits per heavy atom. The molecule has 1 aliphatic carbocycles. The predicted molar refractivity (Wildman–Crippen MR) is 125 cm³/mol. The van der Waals surface area contributed by atoms with Crippen LogP contribution in [0.15, 0.2) is 59.3 Å². The molecule has 0 bridgehead atoms. The maximum Gasteiger partial charge on any atom is 0.320 e. The molecule has 0 radical (unpaired) electrons. The number of fused-ring (bicyclic) bond motifs is 1. The highest BCUT2D eigenvalue weighted by Crippen LogP contribution is 2.29. The van der Waals surface area contributed by atoms with Crippen molar-refractivity contribution in [2.24, 2.45) is 0 Å². The molecule has 1 aromatic heterocycles. The number of ether oxygens (including phenoxy) is 1. The van der Waals surface area contributed by atoms with Crippen molar-refractivity contribution in [1.82, 2.24) is 10.6 Å². The summed E-state index contributed by atoms with van der Waals surface area (Å²) in [5, 5.41) is 23.0. The molecule has 33 heavy (non-hydrogen) atoms. The van der Waals surface area contributed by atoms with Crippen LogP contribution >= 0.6 is 11.3 Å². The Labute approximate surface area is 193 Å². The van der Waals surface area contributed by atoms with Crippen LogP contribution in [0, 0.1) is 10.1 Å². The quantitative estimate of drug-likeness (QED) is 0.361. The van der Waals surface area contributed by atoms with Crippen molar-refractivity contribution in [1.29, 1.82) is 0 Å². The minimum atomic E-state index is -0.926. The Bertz CT molecular complexity index is 1160. The molecule has 4 rings (SSSR count). The number of hydrogen-bond donors (Lipinski definition) is 3. The van der Waals surface area contributed by atoms with Crippen LogP contribution < -0.4 is 20.7 Å². The molecule has 0 fully saturated rings. The van der Waals surface area contributed by atoms with E-state index < -0.39 is 17.0 Å². The summed E-state index contributed by atoms with van der Waals surface area (Å²) >= 11 is 1.41. The Kier molecular flexibility index (Phi) is 6.55. The number of anilines is 1. The van der Waals surface area contributed by atoms with Crippen LogP contribution in [-0.2, 0) is 17.6 Å². The number of thiophene rings is 1. The fourth-order valence-electron chi connectivity index (χ4n) is 3.88. The van der Waals surface area contributed by atoms with Gasteiger partial charge in [0.15, 0.2) is 0 Å². The minimum Gasteiger partial charge on any atom is -0.495 e. The van der Waals surface area contributed by atoms with Gasteiger partial charge in [-0.25, -0.2) is 4.79 Å². The number of hydrogen-bond acceptors (Lipinski definition) is 6. The minimum absolute atomic E-state index is 0.0576. The molecule has 1 unspecified atom stereocenters. The molecule has 1 heterocycles. The normalized spacial score (nSPS) is 13.6. The maximum absolute atomic E-state index is 13.1. The first-order valence-electron chi connectivity index (χ1n) is 10.2. The summed E-state index contributed by atoms with van der Waals surface area (Å²) in [5.41, 5.74) is 2.99. The summed E-state index contributed by atoms with van der Waals surface area (Å²) in [4.78, 5) is 36.4. The molecule has 3 aromatic rings. The zero-order chi connectivity index (χ0) is 23.4. The molecule has 0 saturated carbocycles. The SMILES string of the molecule is COc1ccc([N+](=O)[O-])cc1NC(=O)NC(C(=O)NC1Cc2ccccc2C1)c1ccsc1. The van der Waals surface area contributed by atoms with Crippen molar-refractivity contribution in [3.05, 3.63) is 86.1 Å². The Morgan fingerprint density at radius 1 is 1.15 bits per heavy atom. The number of benzene rings is 2. The van der Waals surface area contributed by atoms with Gasteiger partial charge in [-0.15, -0.1) is 0 Å². The molecule has 0 aliphatic heterocycles. The van der Waals surface area contributed by atoms with Gasteiger partial charge in [0.05, 0.1) is 17.7 Å². The summed E-state index contributed by atoms with van der Waals surface area (Å²) in [5.74, 6) is -0.0663. The van der Waals surface area contributed by atoms with Crippen molar-refractivity contribution < 1.29 is 19.2 Å². The lowest BCUT2D eigenvalue weighted by Gasteiger charge is -2.21. The van der Waals surface area contributed by atoms with Crippen LogP contribution in [0.2, 0.25) is 0 Å². The van der Waals surface area contributed by atoms with E-state index in [4.69, 9.17) is 4.74 Å². The molecule has 1 atom stereocenters. The number of nitro benzene ring substituents is 1. The number of nitrogens with one attached hydrogen (secondary N) is 3. The fraction of sp³-hybridized carbons (Fsp3) is 0.217. The summed E-state index contributed by atoms with van der Waals surface area (Å²) in [6, 6.07) is 12.0. The van der Waals surface area contributed by atoms with E-state index in [0.717, 1.165) is 12.8 Å². The molecular formula is C23H22N4O5S. The number of methoxy groups -OCH3 is 1. The summed E-state index contributed by atoms with van der Waals surface area (Å²) in [7, 11) is 1.39. The molecule has 9 nitrogen and oxygen atoms in total. The Balaban J connectivity index is 1.47. The van der Waals surface area contributed by atoms with E-state index in [1.54, 1.807) is 11.4 Å². The van der Waals surface area contributed by atoms with Gasteiger partial charge in [-0.3, -0.25) is 14.9 Å². The lowest BCUT2D eigenvalue weighted by molar-refractivity contribution is -0.384. The van der Waals surface area contributed by atoms with Gasteiger partial charge in [0.1, 0.15) is 11.8 Å². The zero-order valence-corrected chi connectivity index (χ0v) is 18.6. The summed E-state index contributed by atoms with van der Waals surface area (Å²) in [6.45, 7) is 0. The lowest BCUT2D eigenvalue weighted by atomic mass is 10.1. The van der Waals surface area contributed by atoms with Gasteiger partial charge in [0.2, 0.25) is 5.91 Å². The monoisotopic (exact) mass is 466 g/mol. The third-order valence-corrected chi connectivity index (χ3v) is 6.16. The van der Waals surface area contributed by atoms with Crippen molar-refractivity contribution in [3.8, 4) is 5.75 Å². The number of amides is 3. The van der Waals surface area contributed by atoms with Crippen LogP contribution in [0.5, 0.6) is 5.75 Å². The second-order valence-electron chi connectivity index (χ2n) is 7.61. The second-order valence-corrected chi connectivity index (χ2v) is 8.39. The maximum atomic E-state index is 13.1. The topological polar surface area (TPSA) is 123 Å². The first-order chi connectivity index (χ1) is 15.9. The second kappa shape index (κ2) is 9.70. The molecule has 3 N–H and O–H groups in total. The van der Waals surface area contributed by atoms with E-state index in [9.17, 15) is 19.7 Å². The summed E-state index contributed by atoms with van der Waals surface area (Å²) in [6.07, 6.45) is 1.46. The number of nitro groups is 1. The highest BCUT2D eigenvalue weighted by Gasteiger charge is 2.28. The van der Waals surface area contributed by atoms with E-state index in [1.807, 2.05) is 17.5 Å². The number of nitrogens with zero attached hydrogens (tertiary/aromatic N) is 1. The highest BCUT2D eigenvalue weighted by molar-refractivity contribution is 7.08. The van der Waals surface area contributed by atoms with Gasteiger partial charge >= 0.3 is 6.03 Å². The molecule has 0 spiro atoms. The van der Waals surface area contributed by atoms with Crippen LogP contribution in [0.25, 0.3) is 0 Å². The molecule has 0 saturated heterocycles. The fourth-order valence-corrected chi connectivity index (χ4v) is 4.57. The van der Waals surface area contributed by atoms with Crippen LogP contribution in [0.1, 0.15) is 22.7 Å². The number of urea groups is 1. The third-order valence-electron chi connectivity index (χ3n) is 5.45. The molecule has 1 aliphatic rings. The number of carbonyl (C=O) groups excluding carboxylic acids is 2. The summed E-state index contributed by atoms with van der Waals surface area (Å²) < 4.78 is 5.18. The first kappa shape index (κ1) is 22.3.